The Kier molecular flexibility index (Phi) is 2.73. The minimum Gasteiger partial charge on any atom is -0.342 e. The largest absolute Gasteiger partial charge is 0.342 e. The van der Waals surface area contributed by atoms with Gasteiger partial charge in [0.25, 0.3) is 0 Å². The molecule has 0 radical (unpaired) electrons. The molecule has 92 valence electrons. The molecule has 0 saturated carbocycles. The van der Waals surface area contributed by atoms with Gasteiger partial charge < -0.3 is 4.98 Å². The molecule has 1 aromatic heterocycles. The van der Waals surface area contributed by atoms with E-state index in [1.165, 1.54) is 12.1 Å². The molecule has 1 N–H and O–H groups in total. The predicted molar refractivity (Wildman–Crippen MR) is 70.0 cm³/mol. The van der Waals surface area contributed by atoms with Crippen LogP contribution in [-0.4, -0.2) is 9.97 Å². The smallest absolute Gasteiger partial charge is 0.123 e. The van der Waals surface area contributed by atoms with Crippen molar-refractivity contribution < 1.29 is 4.39 Å². The summed E-state index contributed by atoms with van der Waals surface area (Å²) in [5.74, 6) is 0.510. The van der Waals surface area contributed by atoms with Gasteiger partial charge in [0.1, 0.15) is 11.6 Å². The minimum absolute atomic E-state index is 0.250. The van der Waals surface area contributed by atoms with E-state index < -0.39 is 0 Å². The Morgan fingerprint density at radius 3 is 2.89 bits per heavy atom. The van der Waals surface area contributed by atoms with Gasteiger partial charge >= 0.3 is 0 Å². The van der Waals surface area contributed by atoms with Gasteiger partial charge in [0, 0.05) is 6.42 Å². The maximum Gasteiger partial charge on any atom is 0.123 e. The number of benzene rings is 2. The van der Waals surface area contributed by atoms with E-state index in [1.807, 2.05) is 6.07 Å². The van der Waals surface area contributed by atoms with Crippen molar-refractivity contribution in [2.75, 3.05) is 0 Å². The van der Waals surface area contributed by atoms with Gasteiger partial charge in [-0.05, 0) is 35.9 Å². The molecule has 0 aliphatic rings. The van der Waals surface area contributed by atoms with Crippen molar-refractivity contribution in [2.24, 2.45) is 0 Å². The molecule has 2 aromatic carbocycles. The molecule has 0 aliphatic carbocycles. The molecule has 3 rings (SSSR count). The van der Waals surface area contributed by atoms with Crippen LogP contribution in [0.5, 0.6) is 0 Å². The Hall–Kier alpha value is -2.67. The van der Waals surface area contributed by atoms with E-state index in [1.54, 1.807) is 24.3 Å². The molecular formula is C15H10FN3. The number of halogens is 1. The Morgan fingerprint density at radius 2 is 2.11 bits per heavy atom. The van der Waals surface area contributed by atoms with Gasteiger partial charge in [-0.15, -0.1) is 0 Å². The lowest BCUT2D eigenvalue weighted by atomic mass is 10.1. The lowest BCUT2D eigenvalue weighted by Gasteiger charge is -1.97. The van der Waals surface area contributed by atoms with Crippen LogP contribution in [0.4, 0.5) is 4.39 Å². The highest BCUT2D eigenvalue weighted by molar-refractivity contribution is 5.76. The molecule has 0 atom stereocenters. The number of fused-ring (bicyclic) bond motifs is 1. The highest BCUT2D eigenvalue weighted by Crippen LogP contribution is 2.16. The number of rotatable bonds is 2. The van der Waals surface area contributed by atoms with Crippen LogP contribution < -0.4 is 0 Å². The summed E-state index contributed by atoms with van der Waals surface area (Å²) < 4.78 is 13.1. The van der Waals surface area contributed by atoms with E-state index in [4.69, 9.17) is 5.26 Å². The lowest BCUT2D eigenvalue weighted by Crippen LogP contribution is -1.91. The lowest BCUT2D eigenvalue weighted by molar-refractivity contribution is 0.626. The second kappa shape index (κ2) is 4.54. The molecule has 0 fully saturated rings. The van der Waals surface area contributed by atoms with E-state index in [-0.39, 0.29) is 5.82 Å². The van der Waals surface area contributed by atoms with Gasteiger partial charge in [0.05, 0.1) is 22.7 Å². The summed E-state index contributed by atoms with van der Waals surface area (Å²) in [5, 5.41) is 8.84. The number of nitrogens with zero attached hydrogens (tertiary/aromatic N) is 2. The van der Waals surface area contributed by atoms with Gasteiger partial charge in [0.15, 0.2) is 0 Å². The van der Waals surface area contributed by atoms with Crippen molar-refractivity contribution in [3.8, 4) is 6.07 Å². The van der Waals surface area contributed by atoms with E-state index in [9.17, 15) is 4.39 Å². The number of nitrogens with one attached hydrogen (secondary N) is 1. The van der Waals surface area contributed by atoms with Crippen molar-refractivity contribution in [2.45, 2.75) is 6.42 Å². The first-order valence-electron chi connectivity index (χ1n) is 5.88. The zero-order chi connectivity index (χ0) is 13.2. The van der Waals surface area contributed by atoms with Gasteiger partial charge in [-0.1, -0.05) is 12.1 Å². The second-order valence-electron chi connectivity index (χ2n) is 4.33. The van der Waals surface area contributed by atoms with Crippen LogP contribution in [0.25, 0.3) is 11.0 Å². The van der Waals surface area contributed by atoms with Crippen molar-refractivity contribution in [3.63, 3.8) is 0 Å². The molecule has 0 bridgehead atoms. The van der Waals surface area contributed by atoms with Gasteiger partial charge in [-0.2, -0.15) is 5.26 Å². The van der Waals surface area contributed by atoms with E-state index >= 15 is 0 Å². The number of hydrogen-bond acceptors (Lipinski definition) is 2. The van der Waals surface area contributed by atoms with Crippen LogP contribution in [0.3, 0.4) is 0 Å². The molecule has 4 heteroatoms. The fourth-order valence-electron chi connectivity index (χ4n) is 2.06. The van der Waals surface area contributed by atoms with Crippen molar-refractivity contribution in [3.05, 3.63) is 65.2 Å². The number of aromatic amines is 1. The number of H-pyrrole nitrogens is 1. The summed E-state index contributed by atoms with van der Waals surface area (Å²) in [4.78, 5) is 7.58. The summed E-state index contributed by atoms with van der Waals surface area (Å²) in [7, 11) is 0. The van der Waals surface area contributed by atoms with Crippen LogP contribution in [-0.2, 0) is 6.42 Å². The van der Waals surface area contributed by atoms with Crippen molar-refractivity contribution in [1.29, 1.82) is 5.26 Å². The SMILES string of the molecule is N#Cc1ccc2nc(Cc3cccc(F)c3)[nH]c2c1. The maximum absolute atomic E-state index is 13.1. The Bertz CT molecular complexity index is 783. The molecule has 0 saturated heterocycles. The summed E-state index contributed by atoms with van der Waals surface area (Å²) in [6, 6.07) is 13.8. The van der Waals surface area contributed by atoms with Crippen molar-refractivity contribution in [1.82, 2.24) is 9.97 Å². The first-order chi connectivity index (χ1) is 9.24. The number of aromatic nitrogens is 2. The zero-order valence-corrected chi connectivity index (χ0v) is 10.0. The molecule has 1 heterocycles. The molecule has 0 aliphatic heterocycles. The fourth-order valence-corrected chi connectivity index (χ4v) is 2.06. The number of nitriles is 1. The van der Waals surface area contributed by atoms with Crippen LogP contribution in [0, 0.1) is 17.1 Å². The third-order valence-corrected chi connectivity index (χ3v) is 2.92. The monoisotopic (exact) mass is 251 g/mol. The van der Waals surface area contributed by atoms with Crippen LogP contribution in [0.15, 0.2) is 42.5 Å². The quantitative estimate of drug-likeness (QED) is 0.760. The summed E-state index contributed by atoms with van der Waals surface area (Å²) in [5.41, 5.74) is 3.09. The third-order valence-electron chi connectivity index (χ3n) is 2.92. The van der Waals surface area contributed by atoms with E-state index in [0.717, 1.165) is 22.4 Å². The van der Waals surface area contributed by atoms with E-state index in [2.05, 4.69) is 16.0 Å². The van der Waals surface area contributed by atoms with Crippen LogP contribution in [0.2, 0.25) is 0 Å². The number of hydrogen-bond donors (Lipinski definition) is 1. The highest BCUT2D eigenvalue weighted by atomic mass is 19.1. The molecule has 3 aromatic rings. The molecule has 0 spiro atoms. The Labute approximate surface area is 109 Å². The molecule has 0 amide bonds. The third kappa shape index (κ3) is 2.31. The highest BCUT2D eigenvalue weighted by Gasteiger charge is 2.05. The van der Waals surface area contributed by atoms with Crippen LogP contribution in [0.1, 0.15) is 17.0 Å². The average molecular weight is 251 g/mol. The second-order valence-corrected chi connectivity index (χ2v) is 4.33. The topological polar surface area (TPSA) is 52.5 Å². The zero-order valence-electron chi connectivity index (χ0n) is 10.0. The van der Waals surface area contributed by atoms with Gasteiger partial charge in [-0.3, -0.25) is 0 Å². The summed E-state index contributed by atoms with van der Waals surface area (Å²) in [6.45, 7) is 0. The molecule has 0 unspecified atom stereocenters. The Balaban J connectivity index is 1.96. The minimum atomic E-state index is -0.250. The van der Waals surface area contributed by atoms with Crippen LogP contribution >= 0.6 is 0 Å². The van der Waals surface area contributed by atoms with Crippen molar-refractivity contribution >= 4 is 11.0 Å². The predicted octanol–water partition coefficient (Wildman–Crippen LogP) is 3.16. The van der Waals surface area contributed by atoms with E-state index in [0.29, 0.717) is 12.0 Å². The Morgan fingerprint density at radius 1 is 1.21 bits per heavy atom. The first-order valence-corrected chi connectivity index (χ1v) is 5.88. The first kappa shape index (κ1) is 11.4. The maximum atomic E-state index is 13.1. The average Bonchev–Trinajstić information content (AvgIpc) is 2.79. The normalized spacial score (nSPS) is 10.5. The van der Waals surface area contributed by atoms with Gasteiger partial charge in [0.2, 0.25) is 0 Å². The molecule has 19 heavy (non-hydrogen) atoms. The molecular weight excluding hydrogens is 241 g/mol. The fraction of sp³-hybridized carbons (Fsp3) is 0.0667. The number of imidazole rings is 1. The van der Waals surface area contributed by atoms with Gasteiger partial charge in [-0.25, -0.2) is 9.37 Å². The summed E-state index contributed by atoms with van der Waals surface area (Å²) >= 11 is 0. The standard InChI is InChI=1S/C15H10FN3/c16-12-3-1-2-10(6-12)8-15-18-13-5-4-11(9-17)7-14(13)19-15/h1-7H,8H2,(H,18,19). The summed E-state index contributed by atoms with van der Waals surface area (Å²) in [6.07, 6.45) is 0.536. The molecule has 3 nitrogen and oxygen atoms in total.